The molecule has 1 atom stereocenters. The molecular formula is C13H18N2O2S. The minimum absolute atomic E-state index is 0.00440. The third-order valence-electron chi connectivity index (χ3n) is 3.71. The van der Waals surface area contributed by atoms with Crippen LogP contribution >= 0.6 is 11.3 Å². The Kier molecular flexibility index (Phi) is 3.35. The van der Waals surface area contributed by atoms with Gasteiger partial charge in [-0.1, -0.05) is 0 Å². The van der Waals surface area contributed by atoms with Crippen LogP contribution in [0.1, 0.15) is 53.4 Å². The number of hydrogen-bond donors (Lipinski definition) is 2. The Morgan fingerprint density at radius 3 is 2.89 bits per heavy atom. The standard InChI is InChI=1S/C13H18N2O2S/c16-6-5-10(8-1-2-8)15-13(17)12-11(9-3-4-9)14-7-18-12/h7-10,16H,1-6H2,(H,15,17). The van der Waals surface area contributed by atoms with Crippen LogP contribution in [0.2, 0.25) is 0 Å². The molecule has 2 aliphatic carbocycles. The van der Waals surface area contributed by atoms with Crippen LogP contribution in [0.5, 0.6) is 0 Å². The van der Waals surface area contributed by atoms with Crippen molar-refractivity contribution in [3.05, 3.63) is 16.1 Å². The number of rotatable bonds is 6. The van der Waals surface area contributed by atoms with Crippen LogP contribution in [0.4, 0.5) is 0 Å². The molecule has 98 valence electrons. The van der Waals surface area contributed by atoms with Crippen molar-refractivity contribution in [1.82, 2.24) is 10.3 Å². The Balaban J connectivity index is 1.67. The van der Waals surface area contributed by atoms with Crippen LogP contribution in [0, 0.1) is 5.92 Å². The molecule has 0 aliphatic heterocycles. The van der Waals surface area contributed by atoms with E-state index in [1.54, 1.807) is 5.51 Å². The summed E-state index contributed by atoms with van der Waals surface area (Å²) >= 11 is 1.43. The molecule has 1 amide bonds. The van der Waals surface area contributed by atoms with Gasteiger partial charge in [-0.2, -0.15) is 0 Å². The topological polar surface area (TPSA) is 62.2 Å². The highest BCUT2D eigenvalue weighted by Crippen LogP contribution is 2.42. The molecule has 1 aromatic heterocycles. The molecule has 4 nitrogen and oxygen atoms in total. The maximum atomic E-state index is 12.3. The maximum absolute atomic E-state index is 12.3. The molecule has 2 fully saturated rings. The summed E-state index contributed by atoms with van der Waals surface area (Å²) in [6, 6.07) is 0.136. The van der Waals surface area contributed by atoms with Gasteiger partial charge in [-0.25, -0.2) is 4.98 Å². The van der Waals surface area contributed by atoms with Gasteiger partial charge >= 0.3 is 0 Å². The quantitative estimate of drug-likeness (QED) is 0.827. The summed E-state index contributed by atoms with van der Waals surface area (Å²) in [4.78, 5) is 17.4. The zero-order chi connectivity index (χ0) is 12.5. The summed E-state index contributed by atoms with van der Waals surface area (Å²) < 4.78 is 0. The molecule has 0 aromatic carbocycles. The third-order valence-corrected chi connectivity index (χ3v) is 4.55. The van der Waals surface area contributed by atoms with Gasteiger partial charge in [0.25, 0.3) is 5.91 Å². The molecular weight excluding hydrogens is 248 g/mol. The molecule has 2 N–H and O–H groups in total. The molecule has 0 spiro atoms. The molecule has 1 aromatic rings. The molecule has 5 heteroatoms. The SMILES string of the molecule is O=C(NC(CCO)C1CC1)c1scnc1C1CC1. The van der Waals surface area contributed by atoms with Crippen molar-refractivity contribution < 1.29 is 9.90 Å². The second-order valence-corrected chi connectivity index (χ2v) is 6.13. The van der Waals surface area contributed by atoms with E-state index in [1.165, 1.54) is 24.2 Å². The summed E-state index contributed by atoms with van der Waals surface area (Å²) in [6.45, 7) is 0.139. The zero-order valence-corrected chi connectivity index (χ0v) is 11.1. The average molecular weight is 266 g/mol. The van der Waals surface area contributed by atoms with E-state index in [-0.39, 0.29) is 18.6 Å². The number of nitrogens with zero attached hydrogens (tertiary/aromatic N) is 1. The van der Waals surface area contributed by atoms with E-state index in [2.05, 4.69) is 10.3 Å². The largest absolute Gasteiger partial charge is 0.396 e. The van der Waals surface area contributed by atoms with Gasteiger partial charge in [0.1, 0.15) is 4.88 Å². The molecule has 1 unspecified atom stereocenters. The van der Waals surface area contributed by atoms with Gasteiger partial charge in [0.15, 0.2) is 0 Å². The van der Waals surface area contributed by atoms with Crippen LogP contribution in [0.15, 0.2) is 5.51 Å². The number of thiazole rings is 1. The Labute approximate surface area is 110 Å². The van der Waals surface area contributed by atoms with Crippen molar-refractivity contribution in [2.45, 2.75) is 44.1 Å². The first kappa shape index (κ1) is 12.1. The lowest BCUT2D eigenvalue weighted by atomic mass is 10.1. The first-order valence-electron chi connectivity index (χ1n) is 6.64. The minimum Gasteiger partial charge on any atom is -0.396 e. The lowest BCUT2D eigenvalue weighted by Gasteiger charge is -2.16. The number of carbonyl (C=O) groups is 1. The van der Waals surface area contributed by atoms with Crippen molar-refractivity contribution in [2.24, 2.45) is 5.92 Å². The first-order valence-corrected chi connectivity index (χ1v) is 7.52. The Morgan fingerprint density at radius 1 is 1.50 bits per heavy atom. The molecule has 1 heterocycles. The van der Waals surface area contributed by atoms with E-state index < -0.39 is 0 Å². The monoisotopic (exact) mass is 266 g/mol. The van der Waals surface area contributed by atoms with Gasteiger partial charge in [0.05, 0.1) is 11.2 Å². The number of hydrogen-bond acceptors (Lipinski definition) is 4. The highest BCUT2D eigenvalue weighted by molar-refractivity contribution is 7.11. The van der Waals surface area contributed by atoms with E-state index in [4.69, 9.17) is 5.11 Å². The van der Waals surface area contributed by atoms with Gasteiger partial charge < -0.3 is 10.4 Å². The number of aliphatic hydroxyl groups is 1. The number of aliphatic hydroxyl groups excluding tert-OH is 1. The summed E-state index contributed by atoms with van der Waals surface area (Å²) in [7, 11) is 0. The molecule has 2 saturated carbocycles. The molecule has 0 saturated heterocycles. The number of aromatic nitrogens is 1. The third kappa shape index (κ3) is 2.57. The normalized spacial score (nSPS) is 20.7. The van der Waals surface area contributed by atoms with Crippen LogP contribution in [0.3, 0.4) is 0 Å². The fourth-order valence-electron chi connectivity index (χ4n) is 2.37. The fourth-order valence-corrected chi connectivity index (χ4v) is 3.15. The summed E-state index contributed by atoms with van der Waals surface area (Å²) in [5.41, 5.74) is 2.75. The van der Waals surface area contributed by atoms with E-state index >= 15 is 0 Å². The van der Waals surface area contributed by atoms with Crippen LogP contribution in [-0.4, -0.2) is 28.6 Å². The lowest BCUT2D eigenvalue weighted by molar-refractivity contribution is 0.0927. The van der Waals surface area contributed by atoms with E-state index in [0.717, 1.165) is 23.4 Å². The summed E-state index contributed by atoms with van der Waals surface area (Å²) in [6.07, 6.45) is 5.32. The van der Waals surface area contributed by atoms with E-state index in [9.17, 15) is 4.79 Å². The highest BCUT2D eigenvalue weighted by atomic mass is 32.1. The second-order valence-electron chi connectivity index (χ2n) is 5.27. The molecule has 2 aliphatic rings. The average Bonchev–Trinajstić information content (AvgIpc) is 3.27. The van der Waals surface area contributed by atoms with Crippen molar-refractivity contribution in [3.8, 4) is 0 Å². The Hall–Kier alpha value is -0.940. The number of amides is 1. The van der Waals surface area contributed by atoms with Gasteiger partial charge in [-0.3, -0.25) is 4.79 Å². The van der Waals surface area contributed by atoms with E-state index in [1.807, 2.05) is 0 Å². The van der Waals surface area contributed by atoms with Crippen LogP contribution in [0.25, 0.3) is 0 Å². The number of carbonyl (C=O) groups excluding carboxylic acids is 1. The fraction of sp³-hybridized carbons (Fsp3) is 0.692. The second kappa shape index (κ2) is 4.97. The molecule has 18 heavy (non-hydrogen) atoms. The van der Waals surface area contributed by atoms with Gasteiger partial charge in [0.2, 0.25) is 0 Å². The van der Waals surface area contributed by atoms with Crippen LogP contribution < -0.4 is 5.32 Å². The summed E-state index contributed by atoms with van der Waals surface area (Å²) in [5.74, 6) is 1.08. The zero-order valence-electron chi connectivity index (χ0n) is 10.3. The van der Waals surface area contributed by atoms with Gasteiger partial charge in [-0.15, -0.1) is 11.3 Å². The van der Waals surface area contributed by atoms with Crippen molar-refractivity contribution in [3.63, 3.8) is 0 Å². The Morgan fingerprint density at radius 2 is 2.28 bits per heavy atom. The van der Waals surface area contributed by atoms with Crippen molar-refractivity contribution >= 4 is 17.2 Å². The van der Waals surface area contributed by atoms with Crippen molar-refractivity contribution in [1.29, 1.82) is 0 Å². The van der Waals surface area contributed by atoms with Gasteiger partial charge in [-0.05, 0) is 38.0 Å². The summed E-state index contributed by atoms with van der Waals surface area (Å²) in [5, 5.41) is 12.1. The Bertz CT molecular complexity index is 438. The predicted molar refractivity (Wildman–Crippen MR) is 69.8 cm³/mol. The first-order chi connectivity index (χ1) is 8.79. The van der Waals surface area contributed by atoms with Gasteiger partial charge in [0, 0.05) is 18.6 Å². The molecule has 3 rings (SSSR count). The predicted octanol–water partition coefficient (Wildman–Crippen LogP) is 1.91. The smallest absolute Gasteiger partial charge is 0.263 e. The number of nitrogens with one attached hydrogen (secondary N) is 1. The van der Waals surface area contributed by atoms with Crippen molar-refractivity contribution in [2.75, 3.05) is 6.61 Å². The lowest BCUT2D eigenvalue weighted by Crippen LogP contribution is -2.37. The maximum Gasteiger partial charge on any atom is 0.263 e. The minimum atomic E-state index is 0.00440. The van der Waals surface area contributed by atoms with Crippen LogP contribution in [-0.2, 0) is 0 Å². The van der Waals surface area contributed by atoms with E-state index in [0.29, 0.717) is 18.3 Å². The molecule has 0 radical (unpaired) electrons. The highest BCUT2D eigenvalue weighted by Gasteiger charge is 2.34. The molecule has 0 bridgehead atoms.